The van der Waals surface area contributed by atoms with Crippen molar-refractivity contribution in [3.05, 3.63) is 40.2 Å². The smallest absolute Gasteiger partial charge is 0.275 e. The van der Waals surface area contributed by atoms with Crippen LogP contribution in [-0.2, 0) is 0 Å². The van der Waals surface area contributed by atoms with Crippen molar-refractivity contribution in [3.8, 4) is 5.75 Å². The molecule has 0 fully saturated rings. The molecule has 0 bridgehead atoms. The van der Waals surface area contributed by atoms with Gasteiger partial charge in [-0.15, -0.1) is 10.2 Å². The zero-order chi connectivity index (χ0) is 17.8. The van der Waals surface area contributed by atoms with E-state index in [2.05, 4.69) is 27.3 Å². The third kappa shape index (κ3) is 3.60. The third-order valence-electron chi connectivity index (χ3n) is 3.35. The number of phenolic OH excluding ortho intramolecular Hbond substituents is 1. The minimum atomic E-state index is -0.537. The number of hydrogen-bond acceptors (Lipinski definition) is 8. The summed E-state index contributed by atoms with van der Waals surface area (Å²) in [6, 6.07) is 3.71. The summed E-state index contributed by atoms with van der Waals surface area (Å²) in [4.78, 5) is 10.3. The highest BCUT2D eigenvalue weighted by molar-refractivity contribution is 7.99. The van der Waals surface area contributed by atoms with Crippen LogP contribution in [0.2, 0.25) is 0 Å². The maximum Gasteiger partial charge on any atom is 0.275 e. The largest absolute Gasteiger partial charge is 0.507 e. The number of aromatic hydroxyl groups is 1. The summed E-state index contributed by atoms with van der Waals surface area (Å²) >= 11 is 1.56. The Balaban J connectivity index is 1.85. The van der Waals surface area contributed by atoms with Crippen molar-refractivity contribution in [2.45, 2.75) is 24.9 Å². The fraction of sp³-hybridized carbons (Fsp3) is 0.286. The molecule has 2 heterocycles. The molecule has 0 saturated carbocycles. The first kappa shape index (κ1) is 16.9. The van der Waals surface area contributed by atoms with Crippen molar-refractivity contribution < 1.29 is 10.0 Å². The quantitative estimate of drug-likeness (QED) is 0.225. The lowest BCUT2D eigenvalue weighted by Gasteiger charge is -1.98. The Morgan fingerprint density at radius 2 is 2.28 bits per heavy atom. The number of unbranched alkanes of at least 4 members (excludes halogenated alkanes) is 1. The highest BCUT2D eigenvalue weighted by Gasteiger charge is 2.12. The fourth-order valence-corrected chi connectivity index (χ4v) is 2.98. The Kier molecular flexibility index (Phi) is 4.93. The molecule has 2 aromatic heterocycles. The molecule has 0 atom stereocenters. The topological polar surface area (TPSA) is 124 Å². The number of aromatic nitrogens is 5. The Morgan fingerprint density at radius 3 is 3.04 bits per heavy atom. The van der Waals surface area contributed by atoms with Gasteiger partial charge >= 0.3 is 0 Å². The van der Waals surface area contributed by atoms with Gasteiger partial charge in [0, 0.05) is 23.4 Å². The molecule has 1 N–H and O–H groups in total. The van der Waals surface area contributed by atoms with Gasteiger partial charge in [-0.25, -0.2) is 0 Å². The maximum atomic E-state index is 10.8. The van der Waals surface area contributed by atoms with E-state index in [-0.39, 0.29) is 17.0 Å². The van der Waals surface area contributed by atoms with Gasteiger partial charge in [0.15, 0.2) is 0 Å². The third-order valence-corrected chi connectivity index (χ3v) is 4.35. The number of nitro groups is 1. The zero-order valence-electron chi connectivity index (χ0n) is 13.3. The van der Waals surface area contributed by atoms with Crippen molar-refractivity contribution >= 4 is 29.4 Å². The number of nitro benzene ring substituents is 1. The Morgan fingerprint density at radius 1 is 1.44 bits per heavy atom. The first-order valence-corrected chi connectivity index (χ1v) is 8.52. The molecule has 0 amide bonds. The van der Waals surface area contributed by atoms with Crippen LogP contribution >= 0.6 is 11.8 Å². The first-order chi connectivity index (χ1) is 12.1. The Labute approximate surface area is 146 Å². The highest BCUT2D eigenvalue weighted by atomic mass is 32.2. The zero-order valence-corrected chi connectivity index (χ0v) is 14.1. The van der Waals surface area contributed by atoms with Crippen molar-refractivity contribution in [2.24, 2.45) is 5.10 Å². The number of benzene rings is 1. The summed E-state index contributed by atoms with van der Waals surface area (Å²) in [6.07, 6.45) is 4.94. The SMILES string of the molecule is CCCCSc1nnc2n(/N=C/c3cc([N+](=O)[O-])ccc3O)cnn12. The second kappa shape index (κ2) is 7.30. The van der Waals surface area contributed by atoms with Crippen LogP contribution in [-0.4, -0.2) is 46.5 Å². The monoisotopic (exact) mass is 361 g/mol. The second-order valence-electron chi connectivity index (χ2n) is 5.12. The van der Waals surface area contributed by atoms with Gasteiger partial charge in [0.25, 0.3) is 11.5 Å². The molecule has 130 valence electrons. The van der Waals surface area contributed by atoms with Crippen LogP contribution in [0.15, 0.2) is 34.8 Å². The molecule has 10 nitrogen and oxygen atoms in total. The predicted molar refractivity (Wildman–Crippen MR) is 92.2 cm³/mol. The molecule has 0 aliphatic heterocycles. The van der Waals surface area contributed by atoms with Crippen LogP contribution < -0.4 is 0 Å². The summed E-state index contributed by atoms with van der Waals surface area (Å²) in [7, 11) is 0. The van der Waals surface area contributed by atoms with E-state index in [1.54, 1.807) is 16.3 Å². The molecule has 0 saturated heterocycles. The van der Waals surface area contributed by atoms with Crippen LogP contribution in [0.4, 0.5) is 5.69 Å². The lowest BCUT2D eigenvalue weighted by atomic mass is 10.2. The predicted octanol–water partition coefficient (Wildman–Crippen LogP) is 2.31. The summed E-state index contributed by atoms with van der Waals surface area (Å²) in [5, 5.41) is 37.8. The van der Waals surface area contributed by atoms with Crippen molar-refractivity contribution in [1.82, 2.24) is 24.5 Å². The number of rotatable bonds is 7. The van der Waals surface area contributed by atoms with Gasteiger partial charge in [-0.05, 0) is 12.5 Å². The van der Waals surface area contributed by atoms with Crippen molar-refractivity contribution in [1.29, 1.82) is 0 Å². The van der Waals surface area contributed by atoms with Gasteiger partial charge in [0.2, 0.25) is 5.16 Å². The lowest BCUT2D eigenvalue weighted by Crippen LogP contribution is -1.93. The van der Waals surface area contributed by atoms with Gasteiger partial charge in [-0.2, -0.15) is 19.4 Å². The molecule has 11 heteroatoms. The molecule has 1 aromatic carbocycles. The average Bonchev–Trinajstić information content (AvgIpc) is 3.17. The van der Waals surface area contributed by atoms with Crippen LogP contribution in [0, 0.1) is 10.1 Å². The normalized spacial score (nSPS) is 11.6. The van der Waals surface area contributed by atoms with E-state index in [0.29, 0.717) is 10.9 Å². The van der Waals surface area contributed by atoms with Gasteiger partial charge in [-0.1, -0.05) is 25.1 Å². The van der Waals surface area contributed by atoms with E-state index in [4.69, 9.17) is 0 Å². The summed E-state index contributed by atoms with van der Waals surface area (Å²) in [6.45, 7) is 2.12. The lowest BCUT2D eigenvalue weighted by molar-refractivity contribution is -0.384. The highest BCUT2D eigenvalue weighted by Crippen LogP contribution is 2.21. The number of fused-ring (bicyclic) bond motifs is 1. The molecule has 3 aromatic rings. The maximum absolute atomic E-state index is 10.8. The molecular weight excluding hydrogens is 346 g/mol. The van der Waals surface area contributed by atoms with E-state index >= 15 is 0 Å². The van der Waals surface area contributed by atoms with E-state index in [1.165, 1.54) is 35.4 Å². The Bertz CT molecular complexity index is 934. The summed E-state index contributed by atoms with van der Waals surface area (Å²) < 4.78 is 2.96. The number of nitrogens with zero attached hydrogens (tertiary/aromatic N) is 7. The second-order valence-corrected chi connectivity index (χ2v) is 6.18. The fourth-order valence-electron chi connectivity index (χ4n) is 2.02. The Hall–Kier alpha value is -2.95. The first-order valence-electron chi connectivity index (χ1n) is 7.53. The van der Waals surface area contributed by atoms with Crippen LogP contribution in [0.1, 0.15) is 25.3 Å². The molecule has 0 spiro atoms. The van der Waals surface area contributed by atoms with Gasteiger partial charge < -0.3 is 5.11 Å². The molecule has 0 radical (unpaired) electrons. The van der Waals surface area contributed by atoms with Gasteiger partial charge in [0.05, 0.1) is 11.1 Å². The standard InChI is InChI=1S/C14H15N7O3S/c1-2-3-6-25-14-18-17-13-19(9-16-20(13)14)15-8-10-7-11(21(23)24)4-5-12(10)22/h4-5,7-9,22H,2-3,6H2,1H3/b15-8+. The molecule has 0 unspecified atom stereocenters. The minimum absolute atomic E-state index is 0.109. The number of thioether (sulfide) groups is 1. The summed E-state index contributed by atoms with van der Waals surface area (Å²) in [5.41, 5.74) is 0.0882. The van der Waals surface area contributed by atoms with Crippen molar-refractivity contribution in [3.63, 3.8) is 0 Å². The average molecular weight is 361 g/mol. The molecular formula is C14H15N7O3S. The molecule has 3 rings (SSSR count). The molecule has 0 aliphatic rings. The van der Waals surface area contributed by atoms with Crippen LogP contribution in [0.3, 0.4) is 0 Å². The van der Waals surface area contributed by atoms with Gasteiger partial charge in [-0.3, -0.25) is 10.1 Å². The van der Waals surface area contributed by atoms with Crippen molar-refractivity contribution in [2.75, 3.05) is 5.75 Å². The van der Waals surface area contributed by atoms with E-state index in [1.807, 2.05) is 0 Å². The van der Waals surface area contributed by atoms with E-state index < -0.39 is 4.92 Å². The number of phenols is 1. The van der Waals surface area contributed by atoms with Crippen LogP contribution in [0.25, 0.3) is 5.78 Å². The van der Waals surface area contributed by atoms with E-state index in [0.717, 1.165) is 18.6 Å². The number of non-ortho nitro benzene ring substituents is 1. The molecule has 0 aliphatic carbocycles. The van der Waals surface area contributed by atoms with Crippen LogP contribution in [0.5, 0.6) is 5.75 Å². The molecule has 25 heavy (non-hydrogen) atoms. The van der Waals surface area contributed by atoms with E-state index in [9.17, 15) is 15.2 Å². The summed E-state index contributed by atoms with van der Waals surface area (Å²) in [5.74, 6) is 1.23. The van der Waals surface area contributed by atoms with Gasteiger partial charge in [0.1, 0.15) is 12.1 Å². The minimum Gasteiger partial charge on any atom is -0.507 e. The number of hydrogen-bond donors (Lipinski definition) is 1.